The molecular formula is C19H19FN2O3. The number of hydrogen-bond donors (Lipinski definition) is 1. The zero-order valence-electron chi connectivity index (χ0n) is 13.9. The number of piperidine rings is 1. The van der Waals surface area contributed by atoms with E-state index in [9.17, 15) is 19.1 Å². The summed E-state index contributed by atoms with van der Waals surface area (Å²) < 4.78 is 13.6. The number of pyridine rings is 1. The molecule has 0 spiro atoms. The van der Waals surface area contributed by atoms with Crippen molar-refractivity contribution in [2.45, 2.75) is 25.7 Å². The van der Waals surface area contributed by atoms with Crippen LogP contribution in [0.2, 0.25) is 0 Å². The number of carboxylic acids is 1. The average molecular weight is 342 g/mol. The van der Waals surface area contributed by atoms with Crippen molar-refractivity contribution in [1.82, 2.24) is 9.88 Å². The van der Waals surface area contributed by atoms with Crippen LogP contribution < -0.4 is 0 Å². The molecule has 1 amide bonds. The molecule has 3 rings (SSSR count). The maximum absolute atomic E-state index is 13.6. The molecule has 1 saturated heterocycles. The molecule has 0 bridgehead atoms. The van der Waals surface area contributed by atoms with E-state index in [1.807, 2.05) is 17.0 Å². The quantitative estimate of drug-likeness (QED) is 0.929. The minimum Gasteiger partial charge on any atom is -0.478 e. The van der Waals surface area contributed by atoms with E-state index in [0.29, 0.717) is 18.8 Å². The monoisotopic (exact) mass is 342 g/mol. The fourth-order valence-corrected chi connectivity index (χ4v) is 3.29. The highest BCUT2D eigenvalue weighted by atomic mass is 19.1. The SMILES string of the molecule is CC(=O)N1CCC(c2ccnc(-c3cc(F)ccc3C(=O)O)c2)CC1. The molecule has 0 atom stereocenters. The van der Waals surface area contributed by atoms with E-state index in [0.717, 1.165) is 24.5 Å². The van der Waals surface area contributed by atoms with Crippen LogP contribution in [-0.2, 0) is 4.79 Å². The topological polar surface area (TPSA) is 70.5 Å². The number of nitrogens with zero attached hydrogens (tertiary/aromatic N) is 2. The summed E-state index contributed by atoms with van der Waals surface area (Å²) in [5.74, 6) is -1.25. The van der Waals surface area contributed by atoms with Crippen molar-refractivity contribution in [3.05, 3.63) is 53.5 Å². The van der Waals surface area contributed by atoms with E-state index in [1.165, 1.54) is 12.1 Å². The number of aromatic carboxylic acids is 1. The Kier molecular flexibility index (Phi) is 4.79. The summed E-state index contributed by atoms with van der Waals surface area (Å²) in [6.45, 7) is 2.98. The smallest absolute Gasteiger partial charge is 0.336 e. The van der Waals surface area contributed by atoms with Gasteiger partial charge in [0.15, 0.2) is 0 Å². The minimum atomic E-state index is -1.11. The number of hydrogen-bond acceptors (Lipinski definition) is 3. The molecule has 25 heavy (non-hydrogen) atoms. The summed E-state index contributed by atoms with van der Waals surface area (Å²) in [5, 5.41) is 9.33. The van der Waals surface area contributed by atoms with Gasteiger partial charge in [0, 0.05) is 31.8 Å². The van der Waals surface area contributed by atoms with Crippen LogP contribution in [0.25, 0.3) is 11.3 Å². The van der Waals surface area contributed by atoms with Gasteiger partial charge in [-0.1, -0.05) is 0 Å². The Labute approximate surface area is 145 Å². The molecule has 5 nitrogen and oxygen atoms in total. The summed E-state index contributed by atoms with van der Waals surface area (Å²) >= 11 is 0. The summed E-state index contributed by atoms with van der Waals surface area (Å²) in [6.07, 6.45) is 3.31. The lowest BCUT2D eigenvalue weighted by molar-refractivity contribution is -0.129. The predicted octanol–water partition coefficient (Wildman–Crippen LogP) is 3.31. The van der Waals surface area contributed by atoms with Crippen molar-refractivity contribution in [1.29, 1.82) is 0 Å². The highest BCUT2D eigenvalue weighted by Crippen LogP contribution is 2.31. The van der Waals surface area contributed by atoms with Gasteiger partial charge in [-0.25, -0.2) is 9.18 Å². The zero-order valence-corrected chi connectivity index (χ0v) is 13.9. The Morgan fingerprint density at radius 1 is 1.20 bits per heavy atom. The second kappa shape index (κ2) is 7.01. The lowest BCUT2D eigenvalue weighted by Gasteiger charge is -2.31. The second-order valence-corrected chi connectivity index (χ2v) is 6.25. The molecule has 130 valence electrons. The lowest BCUT2D eigenvalue weighted by atomic mass is 9.89. The van der Waals surface area contributed by atoms with Crippen LogP contribution in [0.3, 0.4) is 0 Å². The third-order valence-electron chi connectivity index (χ3n) is 4.68. The number of carboxylic acid groups (broad SMARTS) is 1. The van der Waals surface area contributed by atoms with Crippen LogP contribution in [0.1, 0.15) is 41.6 Å². The minimum absolute atomic E-state index is 0.0254. The Hall–Kier alpha value is -2.76. The molecular weight excluding hydrogens is 323 g/mol. The van der Waals surface area contributed by atoms with Crippen LogP contribution in [-0.4, -0.2) is 40.0 Å². The number of aromatic nitrogens is 1. The van der Waals surface area contributed by atoms with E-state index >= 15 is 0 Å². The van der Waals surface area contributed by atoms with Gasteiger partial charge in [0.1, 0.15) is 5.82 Å². The molecule has 6 heteroatoms. The molecule has 2 aromatic rings. The third-order valence-corrected chi connectivity index (χ3v) is 4.68. The number of rotatable bonds is 3. The largest absolute Gasteiger partial charge is 0.478 e. The summed E-state index contributed by atoms with van der Waals surface area (Å²) in [6, 6.07) is 7.32. The molecule has 2 heterocycles. The van der Waals surface area contributed by atoms with Gasteiger partial charge < -0.3 is 10.0 Å². The number of carbonyl (C=O) groups excluding carboxylic acids is 1. The third kappa shape index (κ3) is 3.68. The van der Waals surface area contributed by atoms with Gasteiger partial charge in [-0.15, -0.1) is 0 Å². The van der Waals surface area contributed by atoms with Crippen molar-refractivity contribution in [3.8, 4) is 11.3 Å². The molecule has 1 aliphatic heterocycles. The number of halogens is 1. The molecule has 0 aliphatic carbocycles. The van der Waals surface area contributed by atoms with E-state index in [2.05, 4.69) is 4.98 Å². The Balaban J connectivity index is 1.89. The van der Waals surface area contributed by atoms with E-state index in [-0.39, 0.29) is 23.0 Å². The first-order valence-corrected chi connectivity index (χ1v) is 8.20. The molecule has 1 aliphatic rings. The van der Waals surface area contributed by atoms with Gasteiger partial charge in [0.2, 0.25) is 5.91 Å². The molecule has 1 aromatic carbocycles. The van der Waals surface area contributed by atoms with Gasteiger partial charge in [-0.2, -0.15) is 0 Å². The Morgan fingerprint density at radius 2 is 1.92 bits per heavy atom. The fraction of sp³-hybridized carbons (Fsp3) is 0.316. The van der Waals surface area contributed by atoms with E-state index < -0.39 is 11.8 Å². The Bertz CT molecular complexity index is 814. The van der Waals surface area contributed by atoms with Crippen molar-refractivity contribution in [2.75, 3.05) is 13.1 Å². The molecule has 1 fully saturated rings. The molecule has 1 N–H and O–H groups in total. The van der Waals surface area contributed by atoms with Crippen LogP contribution in [0.5, 0.6) is 0 Å². The summed E-state index contributed by atoms with van der Waals surface area (Å²) in [4.78, 5) is 28.9. The van der Waals surface area contributed by atoms with E-state index in [1.54, 1.807) is 13.1 Å². The molecule has 0 saturated carbocycles. The first-order chi connectivity index (χ1) is 12.0. The normalized spacial score (nSPS) is 15.2. The number of likely N-dealkylation sites (tertiary alicyclic amines) is 1. The standard InChI is InChI=1S/C19H19FN2O3/c1-12(23)22-8-5-13(6-9-22)14-4-7-21-18(10-14)17-11-15(20)2-3-16(17)19(24)25/h2-4,7,10-11,13H,5-6,8-9H2,1H3,(H,24,25). The highest BCUT2D eigenvalue weighted by molar-refractivity contribution is 5.95. The molecule has 0 radical (unpaired) electrons. The van der Waals surface area contributed by atoms with Crippen molar-refractivity contribution in [2.24, 2.45) is 0 Å². The van der Waals surface area contributed by atoms with Gasteiger partial charge in [-0.3, -0.25) is 9.78 Å². The fourth-order valence-electron chi connectivity index (χ4n) is 3.29. The summed E-state index contributed by atoms with van der Waals surface area (Å²) in [7, 11) is 0. The highest BCUT2D eigenvalue weighted by Gasteiger charge is 2.23. The predicted molar refractivity (Wildman–Crippen MR) is 90.8 cm³/mol. The van der Waals surface area contributed by atoms with Crippen LogP contribution in [0.15, 0.2) is 36.5 Å². The van der Waals surface area contributed by atoms with Crippen LogP contribution in [0.4, 0.5) is 4.39 Å². The van der Waals surface area contributed by atoms with Crippen molar-refractivity contribution in [3.63, 3.8) is 0 Å². The Morgan fingerprint density at radius 3 is 2.56 bits per heavy atom. The van der Waals surface area contributed by atoms with Crippen molar-refractivity contribution >= 4 is 11.9 Å². The maximum atomic E-state index is 13.6. The average Bonchev–Trinajstić information content (AvgIpc) is 2.61. The number of benzene rings is 1. The van der Waals surface area contributed by atoms with Gasteiger partial charge in [-0.05, 0) is 54.7 Å². The van der Waals surface area contributed by atoms with Gasteiger partial charge in [0.05, 0.1) is 11.3 Å². The van der Waals surface area contributed by atoms with Crippen LogP contribution in [0, 0.1) is 5.82 Å². The molecule has 0 unspecified atom stereocenters. The molecule has 1 aromatic heterocycles. The zero-order chi connectivity index (χ0) is 18.0. The second-order valence-electron chi connectivity index (χ2n) is 6.25. The summed E-state index contributed by atoms with van der Waals surface area (Å²) in [5.41, 5.74) is 1.78. The number of carbonyl (C=O) groups is 2. The van der Waals surface area contributed by atoms with Crippen molar-refractivity contribution < 1.29 is 19.1 Å². The lowest BCUT2D eigenvalue weighted by Crippen LogP contribution is -2.36. The van der Waals surface area contributed by atoms with E-state index in [4.69, 9.17) is 0 Å². The van der Waals surface area contributed by atoms with Gasteiger partial charge >= 0.3 is 5.97 Å². The van der Waals surface area contributed by atoms with Gasteiger partial charge in [0.25, 0.3) is 0 Å². The first-order valence-electron chi connectivity index (χ1n) is 8.20. The maximum Gasteiger partial charge on any atom is 0.336 e. The van der Waals surface area contributed by atoms with Crippen LogP contribution >= 0.6 is 0 Å². The first kappa shape index (κ1) is 17.1. The number of amides is 1.